The Morgan fingerprint density at radius 3 is 2.92 bits per heavy atom. The maximum Gasteiger partial charge on any atom is 0.225 e. The van der Waals surface area contributed by atoms with Crippen LogP contribution in [0, 0.1) is 0 Å². The average Bonchev–Trinajstić information content (AvgIpc) is 3.15. The van der Waals surface area contributed by atoms with Crippen LogP contribution >= 0.6 is 11.3 Å². The van der Waals surface area contributed by atoms with Gasteiger partial charge in [-0.25, -0.2) is 0 Å². The van der Waals surface area contributed by atoms with Gasteiger partial charge in [0, 0.05) is 31.7 Å². The average molecular weight is 374 g/mol. The van der Waals surface area contributed by atoms with E-state index in [0.29, 0.717) is 19.6 Å². The Hall–Kier alpha value is -1.69. The van der Waals surface area contributed by atoms with Crippen molar-refractivity contribution in [3.8, 4) is 0 Å². The fraction of sp³-hybridized carbons (Fsp3) is 0.476. The normalized spacial score (nSPS) is 16.3. The monoisotopic (exact) mass is 373 g/mol. The van der Waals surface area contributed by atoms with Crippen LogP contribution < -0.4 is 0 Å². The lowest BCUT2D eigenvalue weighted by Crippen LogP contribution is -2.33. The van der Waals surface area contributed by atoms with E-state index in [1.54, 1.807) is 18.4 Å². The molecule has 1 atom stereocenters. The van der Waals surface area contributed by atoms with E-state index in [0.717, 1.165) is 38.0 Å². The third-order valence-electron chi connectivity index (χ3n) is 4.72. The van der Waals surface area contributed by atoms with Gasteiger partial charge in [0.1, 0.15) is 6.10 Å². The van der Waals surface area contributed by atoms with Crippen LogP contribution in [0.15, 0.2) is 41.8 Å². The molecule has 1 aliphatic heterocycles. The van der Waals surface area contributed by atoms with Crippen LogP contribution in [0.25, 0.3) is 0 Å². The number of fused-ring (bicyclic) bond motifs is 1. The quantitative estimate of drug-likeness (QED) is 0.618. The summed E-state index contributed by atoms with van der Waals surface area (Å²) in [5, 5.41) is 2.10. The van der Waals surface area contributed by atoms with Crippen LogP contribution in [0.1, 0.15) is 41.4 Å². The highest BCUT2D eigenvalue weighted by Gasteiger charge is 2.26. The predicted octanol–water partition coefficient (Wildman–Crippen LogP) is 4.21. The molecular weight excluding hydrogens is 346 g/mol. The Morgan fingerprint density at radius 1 is 1.27 bits per heavy atom. The number of thiophene rings is 1. The molecule has 0 radical (unpaired) electrons. The van der Waals surface area contributed by atoms with E-state index in [1.807, 2.05) is 23.1 Å². The van der Waals surface area contributed by atoms with Gasteiger partial charge in [-0.05, 0) is 41.8 Å². The molecule has 2 aromatic rings. The van der Waals surface area contributed by atoms with Gasteiger partial charge >= 0.3 is 0 Å². The van der Waals surface area contributed by atoms with Crippen LogP contribution in [0.3, 0.4) is 0 Å². The third kappa shape index (κ3) is 5.16. The summed E-state index contributed by atoms with van der Waals surface area (Å²) >= 11 is 1.70. The summed E-state index contributed by atoms with van der Waals surface area (Å²) in [5.41, 5.74) is 2.50. The highest BCUT2D eigenvalue weighted by molar-refractivity contribution is 7.10. The zero-order valence-electron chi connectivity index (χ0n) is 15.4. The molecular formula is C21H27NO3S. The standard InChI is InChI=1S/C21H27NO3S/c1-24-12-6-5-11-22(16-17-7-3-2-4-8-17)20(23)15-19-21-18(9-13-25-19)10-14-26-21/h2-4,7-8,10,14,19H,5-6,9,11-13,15-16H2,1H3. The first kappa shape index (κ1) is 19.1. The second kappa shape index (κ2) is 9.86. The molecule has 1 aromatic heterocycles. The Labute approximate surface area is 159 Å². The number of hydrogen-bond donors (Lipinski definition) is 0. The van der Waals surface area contributed by atoms with Crippen LogP contribution in [-0.2, 0) is 27.2 Å². The number of rotatable bonds is 9. The van der Waals surface area contributed by atoms with Gasteiger partial charge in [0.05, 0.1) is 13.0 Å². The second-order valence-electron chi connectivity index (χ2n) is 6.62. The van der Waals surface area contributed by atoms with E-state index >= 15 is 0 Å². The second-order valence-corrected chi connectivity index (χ2v) is 7.57. The maximum atomic E-state index is 13.0. The minimum Gasteiger partial charge on any atom is -0.385 e. The van der Waals surface area contributed by atoms with Crippen molar-refractivity contribution in [2.24, 2.45) is 0 Å². The number of methoxy groups -OCH3 is 1. The van der Waals surface area contributed by atoms with Gasteiger partial charge in [-0.15, -0.1) is 11.3 Å². The molecule has 3 rings (SSSR count). The van der Waals surface area contributed by atoms with Gasteiger partial charge in [-0.3, -0.25) is 4.79 Å². The summed E-state index contributed by atoms with van der Waals surface area (Å²) in [4.78, 5) is 16.2. The van der Waals surface area contributed by atoms with Crippen molar-refractivity contribution < 1.29 is 14.3 Å². The largest absolute Gasteiger partial charge is 0.385 e. The van der Waals surface area contributed by atoms with Crippen LogP contribution in [0.4, 0.5) is 0 Å². The van der Waals surface area contributed by atoms with Crippen molar-refractivity contribution in [2.75, 3.05) is 26.9 Å². The molecule has 0 spiro atoms. The number of amides is 1. The minimum atomic E-state index is -0.0940. The van der Waals surface area contributed by atoms with Gasteiger partial charge in [0.25, 0.3) is 0 Å². The first-order chi connectivity index (χ1) is 12.8. The molecule has 0 fully saturated rings. The highest BCUT2D eigenvalue weighted by atomic mass is 32.1. The Morgan fingerprint density at radius 2 is 2.12 bits per heavy atom. The van der Waals surface area contributed by atoms with Crippen molar-refractivity contribution in [2.45, 2.75) is 38.3 Å². The smallest absolute Gasteiger partial charge is 0.225 e. The highest BCUT2D eigenvalue weighted by Crippen LogP contribution is 2.34. The van der Waals surface area contributed by atoms with Gasteiger partial charge in [0.2, 0.25) is 5.91 Å². The van der Waals surface area contributed by atoms with E-state index in [4.69, 9.17) is 9.47 Å². The van der Waals surface area contributed by atoms with E-state index < -0.39 is 0 Å². The predicted molar refractivity (Wildman–Crippen MR) is 104 cm³/mol. The maximum absolute atomic E-state index is 13.0. The first-order valence-electron chi connectivity index (χ1n) is 9.26. The molecule has 0 bridgehead atoms. The first-order valence-corrected chi connectivity index (χ1v) is 10.1. The summed E-state index contributed by atoms with van der Waals surface area (Å²) in [6, 6.07) is 12.3. The molecule has 1 aromatic carbocycles. The number of hydrogen-bond acceptors (Lipinski definition) is 4. The Bertz CT molecular complexity index is 686. The topological polar surface area (TPSA) is 38.8 Å². The number of nitrogens with zero attached hydrogens (tertiary/aromatic N) is 1. The number of carbonyl (C=O) groups excluding carboxylic acids is 1. The lowest BCUT2D eigenvalue weighted by molar-refractivity contribution is -0.135. The van der Waals surface area contributed by atoms with Gasteiger partial charge in [-0.1, -0.05) is 30.3 Å². The number of carbonyl (C=O) groups is 1. The zero-order chi connectivity index (χ0) is 18.2. The Balaban J connectivity index is 1.64. The molecule has 26 heavy (non-hydrogen) atoms. The number of ether oxygens (including phenoxy) is 2. The van der Waals surface area contributed by atoms with E-state index in [2.05, 4.69) is 23.6 Å². The van der Waals surface area contributed by atoms with Gasteiger partial charge in [0.15, 0.2) is 0 Å². The summed E-state index contributed by atoms with van der Waals surface area (Å²) < 4.78 is 11.1. The van der Waals surface area contributed by atoms with Crippen molar-refractivity contribution in [3.63, 3.8) is 0 Å². The number of unbranched alkanes of at least 4 members (excludes halogenated alkanes) is 1. The van der Waals surface area contributed by atoms with Crippen molar-refractivity contribution >= 4 is 17.2 Å². The molecule has 0 N–H and O–H groups in total. The van der Waals surface area contributed by atoms with Crippen LogP contribution in [0.2, 0.25) is 0 Å². The minimum absolute atomic E-state index is 0.0940. The lowest BCUT2D eigenvalue weighted by Gasteiger charge is -2.27. The van der Waals surface area contributed by atoms with E-state index in [9.17, 15) is 4.79 Å². The van der Waals surface area contributed by atoms with E-state index in [-0.39, 0.29) is 12.0 Å². The molecule has 0 saturated heterocycles. The zero-order valence-corrected chi connectivity index (χ0v) is 16.2. The molecule has 1 amide bonds. The summed E-state index contributed by atoms with van der Waals surface area (Å²) in [5.74, 6) is 0.164. The summed E-state index contributed by atoms with van der Waals surface area (Å²) in [6.07, 6.45) is 3.19. The molecule has 1 unspecified atom stereocenters. The molecule has 2 heterocycles. The fourth-order valence-corrected chi connectivity index (χ4v) is 4.31. The van der Waals surface area contributed by atoms with Crippen molar-refractivity contribution in [1.29, 1.82) is 0 Å². The summed E-state index contributed by atoms with van der Waals surface area (Å²) in [6.45, 7) is 2.84. The molecule has 1 aliphatic rings. The molecule has 140 valence electrons. The molecule has 5 heteroatoms. The molecule has 0 saturated carbocycles. The molecule has 4 nitrogen and oxygen atoms in total. The lowest BCUT2D eigenvalue weighted by atomic mass is 10.0. The Kier molecular flexibility index (Phi) is 7.23. The van der Waals surface area contributed by atoms with E-state index in [1.165, 1.54) is 10.4 Å². The fourth-order valence-electron chi connectivity index (χ4n) is 3.31. The molecule has 0 aliphatic carbocycles. The van der Waals surface area contributed by atoms with Crippen molar-refractivity contribution in [1.82, 2.24) is 4.90 Å². The summed E-state index contributed by atoms with van der Waals surface area (Å²) in [7, 11) is 1.71. The third-order valence-corrected chi connectivity index (χ3v) is 5.77. The van der Waals surface area contributed by atoms with Crippen LogP contribution in [-0.4, -0.2) is 37.7 Å². The van der Waals surface area contributed by atoms with Gasteiger partial charge < -0.3 is 14.4 Å². The number of benzene rings is 1. The van der Waals surface area contributed by atoms with Gasteiger partial charge in [-0.2, -0.15) is 0 Å². The van der Waals surface area contributed by atoms with Crippen LogP contribution in [0.5, 0.6) is 0 Å². The van der Waals surface area contributed by atoms with Crippen molar-refractivity contribution in [3.05, 3.63) is 57.8 Å². The SMILES string of the molecule is COCCCCN(Cc1ccccc1)C(=O)CC1OCCc2ccsc21.